The Kier molecular flexibility index (Phi) is 3.43. The number of nitriles is 1. The minimum absolute atomic E-state index is 0.296. The van der Waals surface area contributed by atoms with E-state index in [1.54, 1.807) is 6.92 Å². The number of nitrogens with zero attached hydrogens (tertiary/aromatic N) is 1. The molecule has 2 unspecified atom stereocenters. The van der Waals surface area contributed by atoms with Crippen molar-refractivity contribution < 1.29 is 9.84 Å². The van der Waals surface area contributed by atoms with Crippen LogP contribution in [0.25, 0.3) is 0 Å². The standard InChI is InChI=1S/C15H19NO2/c1-12-4-6-13(7-5-12)14(2,17)15(10-16)8-3-9-18-11-15/h4-7,17H,3,8-9,11H2,1-2H3. The zero-order valence-electron chi connectivity index (χ0n) is 10.9. The van der Waals surface area contributed by atoms with E-state index in [-0.39, 0.29) is 0 Å². The number of hydrogen-bond donors (Lipinski definition) is 1. The summed E-state index contributed by atoms with van der Waals surface area (Å²) in [5.74, 6) is 0. The summed E-state index contributed by atoms with van der Waals surface area (Å²) in [6.07, 6.45) is 1.49. The first kappa shape index (κ1) is 13.1. The smallest absolute Gasteiger partial charge is 0.113 e. The van der Waals surface area contributed by atoms with Gasteiger partial charge in [0.25, 0.3) is 0 Å². The van der Waals surface area contributed by atoms with Crippen molar-refractivity contribution >= 4 is 0 Å². The second-order valence-corrected chi connectivity index (χ2v) is 5.29. The molecular formula is C15H19NO2. The van der Waals surface area contributed by atoms with E-state index < -0.39 is 11.0 Å². The highest BCUT2D eigenvalue weighted by Crippen LogP contribution is 2.45. The van der Waals surface area contributed by atoms with Gasteiger partial charge in [-0.1, -0.05) is 29.8 Å². The first-order valence-electron chi connectivity index (χ1n) is 6.30. The Hall–Kier alpha value is -1.37. The maximum atomic E-state index is 10.8. The summed E-state index contributed by atoms with van der Waals surface area (Å²) in [6.45, 7) is 4.69. The molecule has 0 amide bonds. The van der Waals surface area contributed by atoms with Crippen molar-refractivity contribution in [2.75, 3.05) is 13.2 Å². The van der Waals surface area contributed by atoms with Crippen LogP contribution in [-0.2, 0) is 10.3 Å². The molecule has 18 heavy (non-hydrogen) atoms. The molecule has 1 aliphatic rings. The average Bonchev–Trinajstić information content (AvgIpc) is 2.40. The van der Waals surface area contributed by atoms with Gasteiger partial charge in [0.1, 0.15) is 11.0 Å². The summed E-state index contributed by atoms with van der Waals surface area (Å²) in [4.78, 5) is 0. The first-order chi connectivity index (χ1) is 8.52. The molecule has 1 N–H and O–H groups in total. The molecule has 0 saturated carbocycles. The average molecular weight is 245 g/mol. The molecule has 1 heterocycles. The molecule has 2 atom stereocenters. The number of aryl methyl sites for hydroxylation is 1. The first-order valence-corrected chi connectivity index (χ1v) is 6.30. The molecule has 3 heteroatoms. The summed E-state index contributed by atoms with van der Waals surface area (Å²) < 4.78 is 5.43. The fraction of sp³-hybridized carbons (Fsp3) is 0.533. The van der Waals surface area contributed by atoms with Crippen LogP contribution in [0.2, 0.25) is 0 Å². The van der Waals surface area contributed by atoms with Gasteiger partial charge >= 0.3 is 0 Å². The maximum Gasteiger partial charge on any atom is 0.113 e. The van der Waals surface area contributed by atoms with Gasteiger partial charge in [-0.25, -0.2) is 0 Å². The molecular weight excluding hydrogens is 226 g/mol. The van der Waals surface area contributed by atoms with Crippen molar-refractivity contribution in [3.63, 3.8) is 0 Å². The van der Waals surface area contributed by atoms with E-state index in [1.165, 1.54) is 0 Å². The molecule has 0 bridgehead atoms. The zero-order chi connectivity index (χ0) is 13.2. The second-order valence-electron chi connectivity index (χ2n) is 5.29. The maximum absolute atomic E-state index is 10.8. The fourth-order valence-corrected chi connectivity index (χ4v) is 2.53. The summed E-state index contributed by atoms with van der Waals surface area (Å²) in [6, 6.07) is 9.99. The van der Waals surface area contributed by atoms with Gasteiger partial charge in [-0.05, 0) is 32.3 Å². The molecule has 1 aliphatic heterocycles. The Labute approximate surface area is 108 Å². The largest absolute Gasteiger partial charge is 0.384 e. The highest BCUT2D eigenvalue weighted by Gasteiger charge is 2.50. The summed E-state index contributed by atoms with van der Waals surface area (Å²) >= 11 is 0. The van der Waals surface area contributed by atoms with Gasteiger partial charge in [-0.15, -0.1) is 0 Å². The number of ether oxygens (including phenoxy) is 1. The zero-order valence-corrected chi connectivity index (χ0v) is 10.9. The predicted octanol–water partition coefficient (Wildman–Crippen LogP) is 2.52. The lowest BCUT2D eigenvalue weighted by Crippen LogP contribution is -2.48. The number of hydrogen-bond acceptors (Lipinski definition) is 3. The van der Waals surface area contributed by atoms with Gasteiger partial charge in [0.15, 0.2) is 0 Å². The minimum Gasteiger partial charge on any atom is -0.384 e. The third kappa shape index (κ3) is 2.03. The van der Waals surface area contributed by atoms with E-state index in [1.807, 2.05) is 31.2 Å². The summed E-state index contributed by atoms with van der Waals surface area (Å²) in [7, 11) is 0. The van der Waals surface area contributed by atoms with E-state index in [0.717, 1.165) is 17.5 Å². The number of aliphatic hydroxyl groups is 1. The second kappa shape index (κ2) is 4.72. The predicted molar refractivity (Wildman–Crippen MR) is 68.8 cm³/mol. The lowest BCUT2D eigenvalue weighted by atomic mass is 9.67. The molecule has 1 fully saturated rings. The Bertz CT molecular complexity index is 450. The third-order valence-electron chi connectivity index (χ3n) is 4.00. The van der Waals surface area contributed by atoms with Crippen LogP contribution in [0, 0.1) is 23.7 Å². The van der Waals surface area contributed by atoms with E-state index in [2.05, 4.69) is 6.07 Å². The van der Waals surface area contributed by atoms with Crippen LogP contribution in [0.1, 0.15) is 30.9 Å². The fourth-order valence-electron chi connectivity index (χ4n) is 2.53. The van der Waals surface area contributed by atoms with Crippen LogP contribution in [0.15, 0.2) is 24.3 Å². The molecule has 1 saturated heterocycles. The molecule has 1 aromatic carbocycles. The molecule has 1 aromatic rings. The van der Waals surface area contributed by atoms with Crippen molar-refractivity contribution in [1.29, 1.82) is 5.26 Å². The Morgan fingerprint density at radius 3 is 2.56 bits per heavy atom. The molecule has 96 valence electrons. The lowest BCUT2D eigenvalue weighted by Gasteiger charge is -2.42. The summed E-state index contributed by atoms with van der Waals surface area (Å²) in [5, 5.41) is 20.4. The van der Waals surface area contributed by atoms with Gasteiger partial charge in [-0.3, -0.25) is 0 Å². The molecule has 0 spiro atoms. The number of rotatable bonds is 2. The van der Waals surface area contributed by atoms with Crippen LogP contribution in [0.3, 0.4) is 0 Å². The topological polar surface area (TPSA) is 53.2 Å². The van der Waals surface area contributed by atoms with E-state index in [4.69, 9.17) is 4.74 Å². The van der Waals surface area contributed by atoms with Crippen LogP contribution in [0.5, 0.6) is 0 Å². The molecule has 2 rings (SSSR count). The van der Waals surface area contributed by atoms with Gasteiger partial charge < -0.3 is 9.84 Å². The van der Waals surface area contributed by atoms with Crippen LogP contribution in [0.4, 0.5) is 0 Å². The van der Waals surface area contributed by atoms with Crippen molar-refractivity contribution in [3.05, 3.63) is 35.4 Å². The lowest BCUT2D eigenvalue weighted by molar-refractivity contribution is -0.113. The van der Waals surface area contributed by atoms with Crippen molar-refractivity contribution in [2.24, 2.45) is 5.41 Å². The quantitative estimate of drug-likeness (QED) is 0.871. The van der Waals surface area contributed by atoms with E-state index in [0.29, 0.717) is 19.6 Å². The molecule has 0 aromatic heterocycles. The Morgan fingerprint density at radius 1 is 1.39 bits per heavy atom. The Balaban J connectivity index is 2.39. The third-order valence-corrected chi connectivity index (χ3v) is 4.00. The van der Waals surface area contributed by atoms with E-state index >= 15 is 0 Å². The molecule has 3 nitrogen and oxygen atoms in total. The SMILES string of the molecule is Cc1ccc(C(C)(O)C2(C#N)CCCOC2)cc1. The minimum atomic E-state index is -1.18. The van der Waals surface area contributed by atoms with Crippen LogP contribution in [-0.4, -0.2) is 18.3 Å². The van der Waals surface area contributed by atoms with Gasteiger partial charge in [0, 0.05) is 6.61 Å². The van der Waals surface area contributed by atoms with Crippen LogP contribution < -0.4 is 0 Å². The van der Waals surface area contributed by atoms with Crippen molar-refractivity contribution in [1.82, 2.24) is 0 Å². The van der Waals surface area contributed by atoms with Crippen molar-refractivity contribution in [3.8, 4) is 6.07 Å². The highest BCUT2D eigenvalue weighted by molar-refractivity contribution is 5.31. The highest BCUT2D eigenvalue weighted by atomic mass is 16.5. The Morgan fingerprint density at radius 2 is 2.06 bits per heavy atom. The summed E-state index contributed by atoms with van der Waals surface area (Å²) in [5.41, 5.74) is -0.114. The van der Waals surface area contributed by atoms with Crippen LogP contribution >= 0.6 is 0 Å². The normalized spacial score (nSPS) is 27.2. The van der Waals surface area contributed by atoms with Gasteiger partial charge in [0.05, 0.1) is 12.7 Å². The van der Waals surface area contributed by atoms with Gasteiger partial charge in [-0.2, -0.15) is 5.26 Å². The van der Waals surface area contributed by atoms with E-state index in [9.17, 15) is 10.4 Å². The van der Waals surface area contributed by atoms with Gasteiger partial charge in [0.2, 0.25) is 0 Å². The molecule has 0 aliphatic carbocycles. The molecule has 0 radical (unpaired) electrons. The van der Waals surface area contributed by atoms with Crippen molar-refractivity contribution in [2.45, 2.75) is 32.3 Å². The monoisotopic (exact) mass is 245 g/mol. The number of benzene rings is 1.